The van der Waals surface area contributed by atoms with Gasteiger partial charge in [0, 0.05) is 59.0 Å². The highest BCUT2D eigenvalue weighted by Gasteiger charge is 2.43. The standard InChI is InChI=1S/C32H34FNO4/c1-4-10-20-17-22(18-28(37-3)32(20)38-19-21-11-6-7-12-23(21)33)29-30-24(13-8-15-26(30)35)34(5-2)25-14-9-16-27(36)31(25)29/h4,6-7,11-12,17-18,29H,1,5,8-10,13-16,19H2,2-3H3. The zero-order chi connectivity index (χ0) is 26.8. The molecular formula is C32H34FNO4. The largest absolute Gasteiger partial charge is 0.493 e. The SMILES string of the molecule is C=CCc1cc(C2C3=C(CCCC3=O)N(CC)C3=C2C(=O)CCC3)cc(OC)c1OCc1ccccc1F. The predicted molar refractivity (Wildman–Crippen MR) is 145 cm³/mol. The van der Waals surface area contributed by atoms with E-state index in [0.717, 1.165) is 65.9 Å². The summed E-state index contributed by atoms with van der Waals surface area (Å²) in [4.78, 5) is 29.1. The van der Waals surface area contributed by atoms with Gasteiger partial charge in [0.15, 0.2) is 23.1 Å². The van der Waals surface area contributed by atoms with E-state index in [2.05, 4.69) is 18.4 Å². The second-order valence-electron chi connectivity index (χ2n) is 10.0. The topological polar surface area (TPSA) is 55.8 Å². The predicted octanol–water partition coefficient (Wildman–Crippen LogP) is 6.58. The van der Waals surface area contributed by atoms with Gasteiger partial charge in [-0.15, -0.1) is 6.58 Å². The van der Waals surface area contributed by atoms with Gasteiger partial charge in [0.25, 0.3) is 0 Å². The summed E-state index contributed by atoms with van der Waals surface area (Å²) in [6.07, 6.45) is 6.56. The van der Waals surface area contributed by atoms with Crippen LogP contribution in [0.3, 0.4) is 0 Å². The van der Waals surface area contributed by atoms with Crippen LogP contribution in [-0.2, 0) is 22.6 Å². The summed E-state index contributed by atoms with van der Waals surface area (Å²) in [5.74, 6) is 0.471. The van der Waals surface area contributed by atoms with Gasteiger partial charge in [-0.3, -0.25) is 9.59 Å². The summed E-state index contributed by atoms with van der Waals surface area (Å²) in [7, 11) is 1.57. The van der Waals surface area contributed by atoms with Crippen molar-refractivity contribution in [3.05, 3.63) is 94.1 Å². The van der Waals surface area contributed by atoms with Gasteiger partial charge in [-0.05, 0) is 56.7 Å². The number of ether oxygens (including phenoxy) is 2. The van der Waals surface area contributed by atoms with Crippen molar-refractivity contribution in [2.24, 2.45) is 0 Å². The Bertz CT molecular complexity index is 1310. The third kappa shape index (κ3) is 4.57. The first kappa shape index (κ1) is 26.0. The van der Waals surface area contributed by atoms with Gasteiger partial charge >= 0.3 is 0 Å². The molecule has 3 aliphatic rings. The van der Waals surface area contributed by atoms with Gasteiger partial charge < -0.3 is 14.4 Å². The Labute approximate surface area is 223 Å². The fourth-order valence-electron chi connectivity index (χ4n) is 6.17. The van der Waals surface area contributed by atoms with E-state index in [1.54, 1.807) is 31.4 Å². The molecule has 38 heavy (non-hydrogen) atoms. The third-order valence-electron chi connectivity index (χ3n) is 7.80. The van der Waals surface area contributed by atoms with E-state index in [0.29, 0.717) is 36.3 Å². The van der Waals surface area contributed by atoms with Crippen molar-refractivity contribution in [3.63, 3.8) is 0 Å². The van der Waals surface area contributed by atoms with E-state index in [-0.39, 0.29) is 24.0 Å². The van der Waals surface area contributed by atoms with Gasteiger partial charge in [0.05, 0.1) is 7.11 Å². The smallest absolute Gasteiger partial charge is 0.165 e. The van der Waals surface area contributed by atoms with Crippen LogP contribution in [-0.4, -0.2) is 30.1 Å². The average molecular weight is 516 g/mol. The number of allylic oxidation sites excluding steroid dienone is 5. The molecule has 2 aromatic carbocycles. The Morgan fingerprint density at radius 1 is 1.00 bits per heavy atom. The Kier molecular flexibility index (Phi) is 7.50. The Hall–Kier alpha value is -3.67. The highest BCUT2D eigenvalue weighted by atomic mass is 19.1. The number of hydrogen-bond donors (Lipinski definition) is 0. The maximum Gasteiger partial charge on any atom is 0.165 e. The van der Waals surface area contributed by atoms with Gasteiger partial charge in [0.2, 0.25) is 0 Å². The first-order chi connectivity index (χ1) is 18.5. The molecular weight excluding hydrogens is 481 g/mol. The van der Waals surface area contributed by atoms with Crippen LogP contribution in [0.2, 0.25) is 0 Å². The molecule has 0 saturated carbocycles. The van der Waals surface area contributed by atoms with Crippen LogP contribution >= 0.6 is 0 Å². The average Bonchev–Trinajstić information content (AvgIpc) is 2.92. The second-order valence-corrected chi connectivity index (χ2v) is 10.0. The molecule has 0 saturated heterocycles. The van der Waals surface area contributed by atoms with Crippen molar-refractivity contribution in [3.8, 4) is 11.5 Å². The van der Waals surface area contributed by atoms with E-state index >= 15 is 0 Å². The molecule has 0 aromatic heterocycles. The fraction of sp³-hybridized carbons (Fsp3) is 0.375. The number of Topliss-reactive ketones (excluding diaryl/α,β-unsaturated/α-hetero) is 2. The highest BCUT2D eigenvalue weighted by molar-refractivity contribution is 6.06. The minimum Gasteiger partial charge on any atom is -0.493 e. The Morgan fingerprint density at radius 3 is 2.24 bits per heavy atom. The molecule has 0 amide bonds. The molecule has 0 radical (unpaired) electrons. The molecule has 1 heterocycles. The van der Waals surface area contributed by atoms with Gasteiger partial charge in [-0.1, -0.05) is 30.3 Å². The van der Waals surface area contributed by atoms with Crippen LogP contribution < -0.4 is 9.47 Å². The summed E-state index contributed by atoms with van der Waals surface area (Å²) < 4.78 is 26.2. The molecule has 0 unspecified atom stereocenters. The normalized spacial score (nSPS) is 17.9. The van der Waals surface area contributed by atoms with E-state index < -0.39 is 5.92 Å². The van der Waals surface area contributed by atoms with Crippen LogP contribution in [0.4, 0.5) is 4.39 Å². The third-order valence-corrected chi connectivity index (χ3v) is 7.80. The minimum absolute atomic E-state index is 0.0446. The summed E-state index contributed by atoms with van der Waals surface area (Å²) in [6, 6.07) is 10.4. The number of halogens is 1. The van der Waals surface area contributed by atoms with Crippen molar-refractivity contribution in [1.29, 1.82) is 0 Å². The lowest BCUT2D eigenvalue weighted by molar-refractivity contribution is -0.117. The van der Waals surface area contributed by atoms with Crippen molar-refractivity contribution in [1.82, 2.24) is 4.90 Å². The molecule has 1 aliphatic heterocycles. The number of benzene rings is 2. The molecule has 2 aromatic rings. The van der Waals surface area contributed by atoms with Crippen LogP contribution in [0, 0.1) is 5.82 Å². The summed E-state index contributed by atoms with van der Waals surface area (Å²) >= 11 is 0. The minimum atomic E-state index is -0.429. The van der Waals surface area contributed by atoms with Crippen LogP contribution in [0.25, 0.3) is 0 Å². The van der Waals surface area contributed by atoms with E-state index in [4.69, 9.17) is 9.47 Å². The van der Waals surface area contributed by atoms with Gasteiger partial charge in [-0.2, -0.15) is 0 Å². The van der Waals surface area contributed by atoms with E-state index in [1.807, 2.05) is 12.1 Å². The molecule has 6 heteroatoms. The monoisotopic (exact) mass is 515 g/mol. The molecule has 5 rings (SSSR count). The molecule has 0 bridgehead atoms. The number of hydrogen-bond acceptors (Lipinski definition) is 5. The maximum atomic E-state index is 14.3. The van der Waals surface area contributed by atoms with Crippen molar-refractivity contribution >= 4 is 11.6 Å². The van der Waals surface area contributed by atoms with Crippen molar-refractivity contribution in [2.45, 2.75) is 64.4 Å². The maximum absolute atomic E-state index is 14.3. The lowest BCUT2D eigenvalue weighted by atomic mass is 9.70. The summed E-state index contributed by atoms with van der Waals surface area (Å²) in [5, 5.41) is 0. The Balaban J connectivity index is 1.65. The van der Waals surface area contributed by atoms with Gasteiger partial charge in [0.1, 0.15) is 12.4 Å². The van der Waals surface area contributed by atoms with Crippen LogP contribution in [0.5, 0.6) is 11.5 Å². The Morgan fingerprint density at radius 2 is 1.66 bits per heavy atom. The van der Waals surface area contributed by atoms with E-state index in [9.17, 15) is 14.0 Å². The summed E-state index contributed by atoms with van der Waals surface area (Å²) in [6.45, 7) is 6.78. The number of carbonyl (C=O) groups excluding carboxylic acids is 2. The summed E-state index contributed by atoms with van der Waals surface area (Å²) in [5.41, 5.74) is 5.73. The van der Waals surface area contributed by atoms with Gasteiger partial charge in [-0.25, -0.2) is 4.39 Å². The number of carbonyl (C=O) groups is 2. The zero-order valence-corrected chi connectivity index (χ0v) is 22.1. The number of rotatable bonds is 8. The molecule has 0 spiro atoms. The van der Waals surface area contributed by atoms with E-state index in [1.165, 1.54) is 6.07 Å². The lowest BCUT2D eigenvalue weighted by Gasteiger charge is -2.43. The molecule has 0 fully saturated rings. The fourth-order valence-corrected chi connectivity index (χ4v) is 6.17. The number of nitrogens with zero attached hydrogens (tertiary/aromatic N) is 1. The molecule has 0 N–H and O–H groups in total. The quantitative estimate of drug-likeness (QED) is 0.372. The van der Waals surface area contributed by atoms with Crippen molar-refractivity contribution in [2.75, 3.05) is 13.7 Å². The number of methoxy groups -OCH3 is 1. The second kappa shape index (κ2) is 11.0. The zero-order valence-electron chi connectivity index (χ0n) is 22.1. The molecule has 2 aliphatic carbocycles. The molecule has 198 valence electrons. The number of ketones is 2. The van der Waals surface area contributed by atoms with Crippen molar-refractivity contribution < 1.29 is 23.5 Å². The highest BCUT2D eigenvalue weighted by Crippen LogP contribution is 2.50. The first-order valence-corrected chi connectivity index (χ1v) is 13.5. The molecule has 0 atom stereocenters. The lowest BCUT2D eigenvalue weighted by Crippen LogP contribution is -2.39. The molecule has 5 nitrogen and oxygen atoms in total. The first-order valence-electron chi connectivity index (χ1n) is 13.5. The van der Waals surface area contributed by atoms with Crippen LogP contribution in [0.15, 0.2) is 71.6 Å². The van der Waals surface area contributed by atoms with Crippen LogP contribution in [0.1, 0.15) is 68.1 Å².